The second-order valence-electron chi connectivity index (χ2n) is 6.34. The first-order valence-corrected chi connectivity index (χ1v) is 9.21. The molecule has 9 heteroatoms. The summed E-state index contributed by atoms with van der Waals surface area (Å²) in [6.45, 7) is 4.02. The van der Waals surface area contributed by atoms with Crippen molar-refractivity contribution in [3.63, 3.8) is 0 Å². The molecule has 1 aliphatic rings. The van der Waals surface area contributed by atoms with Gasteiger partial charge in [0.25, 0.3) is 0 Å². The van der Waals surface area contributed by atoms with E-state index in [-0.39, 0.29) is 17.5 Å². The van der Waals surface area contributed by atoms with Crippen molar-refractivity contribution >= 4 is 23.2 Å². The van der Waals surface area contributed by atoms with E-state index in [0.29, 0.717) is 19.5 Å². The quantitative estimate of drug-likeness (QED) is 0.837. The Labute approximate surface area is 149 Å². The number of carboxylic acid groups (broad SMARTS) is 1. The number of likely N-dealkylation sites (tertiary alicyclic amines) is 1. The number of carboxylic acids is 1. The normalized spacial score (nSPS) is 17.6. The van der Waals surface area contributed by atoms with Crippen molar-refractivity contribution in [3.05, 3.63) is 28.0 Å². The van der Waals surface area contributed by atoms with Crippen molar-refractivity contribution < 1.29 is 14.7 Å². The van der Waals surface area contributed by atoms with Crippen LogP contribution in [0.5, 0.6) is 0 Å². The van der Waals surface area contributed by atoms with Gasteiger partial charge in [0.15, 0.2) is 5.69 Å². The molecule has 134 valence electrons. The molecule has 0 aliphatic carbocycles. The summed E-state index contributed by atoms with van der Waals surface area (Å²) in [6, 6.07) is 0. The van der Waals surface area contributed by atoms with Crippen molar-refractivity contribution in [3.8, 4) is 0 Å². The fourth-order valence-electron chi connectivity index (χ4n) is 3.14. The summed E-state index contributed by atoms with van der Waals surface area (Å²) < 4.78 is 1.56. The molecule has 1 aliphatic heterocycles. The Morgan fingerprint density at radius 2 is 2.28 bits per heavy atom. The smallest absolute Gasteiger partial charge is 0.358 e. The largest absolute Gasteiger partial charge is 0.476 e. The predicted octanol–water partition coefficient (Wildman–Crippen LogP) is 1.61. The summed E-state index contributed by atoms with van der Waals surface area (Å²) in [5, 5.41) is 16.4. The van der Waals surface area contributed by atoms with Gasteiger partial charge in [0.05, 0.1) is 17.4 Å². The Kier molecular flexibility index (Phi) is 5.42. The molecule has 1 fully saturated rings. The van der Waals surface area contributed by atoms with Gasteiger partial charge in [-0.1, -0.05) is 5.21 Å². The van der Waals surface area contributed by atoms with Gasteiger partial charge in [-0.2, -0.15) is 0 Å². The lowest BCUT2D eigenvalue weighted by molar-refractivity contribution is -0.133. The topological polar surface area (TPSA) is 101 Å². The summed E-state index contributed by atoms with van der Waals surface area (Å²) >= 11 is 1.60. The zero-order valence-electron chi connectivity index (χ0n) is 14.1. The van der Waals surface area contributed by atoms with E-state index in [1.54, 1.807) is 16.0 Å². The molecule has 0 unspecified atom stereocenters. The lowest BCUT2D eigenvalue weighted by atomic mass is 9.97. The second-order valence-corrected chi connectivity index (χ2v) is 7.28. The summed E-state index contributed by atoms with van der Waals surface area (Å²) in [6.07, 6.45) is 4.63. The number of nitrogens with zero attached hydrogens (tertiary/aromatic N) is 5. The molecule has 25 heavy (non-hydrogen) atoms. The monoisotopic (exact) mass is 363 g/mol. The zero-order valence-corrected chi connectivity index (χ0v) is 14.9. The van der Waals surface area contributed by atoms with Crippen LogP contribution in [0.25, 0.3) is 0 Å². The molecular formula is C16H21N5O3S. The second kappa shape index (κ2) is 7.73. The average molecular weight is 363 g/mol. The number of aromatic nitrogens is 4. The molecule has 0 saturated carbocycles. The van der Waals surface area contributed by atoms with Crippen LogP contribution in [0.1, 0.15) is 40.3 Å². The highest BCUT2D eigenvalue weighted by atomic mass is 32.1. The van der Waals surface area contributed by atoms with E-state index in [1.165, 1.54) is 11.1 Å². The Hall–Kier alpha value is -2.29. The van der Waals surface area contributed by atoms with E-state index in [0.717, 1.165) is 31.5 Å². The third kappa shape index (κ3) is 4.41. The van der Waals surface area contributed by atoms with E-state index in [9.17, 15) is 9.59 Å². The van der Waals surface area contributed by atoms with Gasteiger partial charge in [-0.25, -0.2) is 9.78 Å². The summed E-state index contributed by atoms with van der Waals surface area (Å²) in [5.74, 6) is -0.640. The number of hydrogen-bond donors (Lipinski definition) is 1. The number of rotatable bonds is 6. The van der Waals surface area contributed by atoms with Gasteiger partial charge in [-0.3, -0.25) is 9.48 Å². The molecule has 3 rings (SSSR count). The van der Waals surface area contributed by atoms with Crippen LogP contribution in [0, 0.1) is 12.8 Å². The van der Waals surface area contributed by atoms with E-state index in [4.69, 9.17) is 5.11 Å². The summed E-state index contributed by atoms with van der Waals surface area (Å²) in [7, 11) is 0. The molecule has 0 spiro atoms. The van der Waals surface area contributed by atoms with Crippen LogP contribution >= 0.6 is 11.3 Å². The highest BCUT2D eigenvalue weighted by molar-refractivity contribution is 7.09. The fraction of sp³-hybridized carbons (Fsp3) is 0.562. The molecule has 0 radical (unpaired) electrons. The number of aromatic carboxylic acids is 1. The van der Waals surface area contributed by atoms with Crippen LogP contribution in [0.4, 0.5) is 0 Å². The van der Waals surface area contributed by atoms with Gasteiger partial charge in [-0.15, -0.1) is 16.4 Å². The van der Waals surface area contributed by atoms with E-state index in [2.05, 4.69) is 15.3 Å². The number of hydrogen-bond acceptors (Lipinski definition) is 6. The molecule has 0 bridgehead atoms. The minimum absolute atomic E-state index is 0.0522. The maximum atomic E-state index is 12.5. The van der Waals surface area contributed by atoms with Crippen LogP contribution in [0.15, 0.2) is 11.7 Å². The van der Waals surface area contributed by atoms with E-state index >= 15 is 0 Å². The number of amides is 1. The maximum absolute atomic E-state index is 12.5. The predicted molar refractivity (Wildman–Crippen MR) is 91.5 cm³/mol. The zero-order chi connectivity index (χ0) is 17.8. The van der Waals surface area contributed by atoms with Crippen molar-refractivity contribution in [2.75, 3.05) is 13.1 Å². The first-order valence-electron chi connectivity index (χ1n) is 8.33. The van der Waals surface area contributed by atoms with Crippen LogP contribution in [-0.2, 0) is 17.8 Å². The number of piperidine rings is 1. The summed E-state index contributed by atoms with van der Waals surface area (Å²) in [4.78, 5) is 30.7. The lowest BCUT2D eigenvalue weighted by Crippen LogP contribution is -2.41. The molecule has 0 aromatic carbocycles. The number of carbonyl (C=O) groups is 2. The molecule has 1 saturated heterocycles. The van der Waals surface area contributed by atoms with Crippen LogP contribution < -0.4 is 0 Å². The highest BCUT2D eigenvalue weighted by Gasteiger charge is 2.24. The highest BCUT2D eigenvalue weighted by Crippen LogP contribution is 2.20. The SMILES string of the molecule is Cc1ncsc1CCC(=O)N1CCC[C@@H](Cn2cc(C(=O)O)nn2)C1. The fourth-order valence-corrected chi connectivity index (χ4v) is 3.92. The van der Waals surface area contributed by atoms with Crippen molar-refractivity contribution in [1.29, 1.82) is 0 Å². The molecule has 3 heterocycles. The Bertz CT molecular complexity index is 757. The van der Waals surface area contributed by atoms with Gasteiger partial charge < -0.3 is 10.0 Å². The molecule has 1 amide bonds. The standard InChI is InChI=1S/C16H21N5O3S/c1-11-14(25-10-17-11)4-5-15(22)20-6-2-3-12(7-20)8-21-9-13(16(23)24)18-19-21/h9-10,12H,2-8H2,1H3,(H,23,24)/t12-/m1/s1. The Morgan fingerprint density at radius 1 is 1.44 bits per heavy atom. The third-order valence-electron chi connectivity index (χ3n) is 4.49. The maximum Gasteiger partial charge on any atom is 0.358 e. The van der Waals surface area contributed by atoms with Crippen molar-refractivity contribution in [2.24, 2.45) is 5.92 Å². The molecule has 2 aromatic rings. The van der Waals surface area contributed by atoms with Crippen LogP contribution in [0.3, 0.4) is 0 Å². The minimum Gasteiger partial charge on any atom is -0.476 e. The Balaban J connectivity index is 1.52. The molecule has 2 aromatic heterocycles. The first kappa shape index (κ1) is 17.5. The first-order chi connectivity index (χ1) is 12.0. The third-order valence-corrected chi connectivity index (χ3v) is 5.48. The van der Waals surface area contributed by atoms with E-state index in [1.807, 2.05) is 17.3 Å². The number of aryl methyl sites for hydroxylation is 2. The van der Waals surface area contributed by atoms with Gasteiger partial charge in [0.1, 0.15) is 0 Å². The van der Waals surface area contributed by atoms with Gasteiger partial charge in [-0.05, 0) is 32.1 Å². The molecule has 1 N–H and O–H groups in total. The minimum atomic E-state index is -1.08. The molecular weight excluding hydrogens is 342 g/mol. The van der Waals surface area contributed by atoms with Gasteiger partial charge >= 0.3 is 5.97 Å². The van der Waals surface area contributed by atoms with Crippen molar-refractivity contribution in [1.82, 2.24) is 24.9 Å². The van der Waals surface area contributed by atoms with Crippen LogP contribution in [-0.4, -0.2) is 55.0 Å². The average Bonchev–Trinajstić information content (AvgIpc) is 3.22. The Morgan fingerprint density at radius 3 is 2.96 bits per heavy atom. The number of thiazole rings is 1. The molecule has 8 nitrogen and oxygen atoms in total. The summed E-state index contributed by atoms with van der Waals surface area (Å²) in [5.41, 5.74) is 2.77. The van der Waals surface area contributed by atoms with Gasteiger partial charge in [0, 0.05) is 30.9 Å². The number of carbonyl (C=O) groups excluding carboxylic acids is 1. The lowest BCUT2D eigenvalue weighted by Gasteiger charge is -2.32. The van der Waals surface area contributed by atoms with E-state index < -0.39 is 5.97 Å². The van der Waals surface area contributed by atoms with Crippen LogP contribution in [0.2, 0.25) is 0 Å². The van der Waals surface area contributed by atoms with Gasteiger partial charge in [0.2, 0.25) is 5.91 Å². The van der Waals surface area contributed by atoms with Crippen molar-refractivity contribution in [2.45, 2.75) is 39.2 Å². The molecule has 1 atom stereocenters.